The Morgan fingerprint density at radius 3 is 2.39 bits per heavy atom. The van der Waals surface area contributed by atoms with E-state index in [2.05, 4.69) is 17.0 Å². The molecule has 0 bridgehead atoms. The van der Waals surface area contributed by atoms with E-state index in [1.54, 1.807) is 6.92 Å². The van der Waals surface area contributed by atoms with Crippen LogP contribution in [0.5, 0.6) is 0 Å². The third kappa shape index (κ3) is 4.59. The fourth-order valence-electron chi connectivity index (χ4n) is 3.36. The number of carbonyl (C=O) groups is 1. The highest BCUT2D eigenvalue weighted by molar-refractivity contribution is 6.54. The van der Waals surface area contributed by atoms with Gasteiger partial charge in [0, 0.05) is 18.6 Å². The van der Waals surface area contributed by atoms with Crippen LogP contribution in [-0.4, -0.2) is 49.1 Å². The molecule has 2 heterocycles. The molecular weight excluding hydrogens is 357 g/mol. The minimum atomic E-state index is -0.687. The Balaban J connectivity index is 1.80. The van der Waals surface area contributed by atoms with E-state index in [4.69, 9.17) is 18.8 Å². The van der Waals surface area contributed by atoms with Gasteiger partial charge < -0.3 is 18.8 Å². The van der Waals surface area contributed by atoms with Gasteiger partial charge in [-0.2, -0.15) is 0 Å². The molecule has 6 nitrogen and oxygen atoms in total. The second-order valence-corrected chi connectivity index (χ2v) is 8.27. The van der Waals surface area contributed by atoms with Gasteiger partial charge in [0.1, 0.15) is 5.76 Å². The molecule has 1 aromatic carbocycles. The molecule has 1 saturated heterocycles. The number of nitrogens with zero attached hydrogens (tertiary/aromatic N) is 1. The molecule has 0 N–H and O–H groups in total. The van der Waals surface area contributed by atoms with Gasteiger partial charge in [-0.3, -0.25) is 4.90 Å². The van der Waals surface area contributed by atoms with Crippen LogP contribution in [0.3, 0.4) is 0 Å². The van der Waals surface area contributed by atoms with Gasteiger partial charge in [-0.1, -0.05) is 30.3 Å². The van der Waals surface area contributed by atoms with Crippen LogP contribution >= 0.6 is 0 Å². The van der Waals surface area contributed by atoms with E-state index in [0.717, 1.165) is 18.6 Å². The summed E-state index contributed by atoms with van der Waals surface area (Å²) in [5, 5.41) is 0. The second-order valence-electron chi connectivity index (χ2n) is 8.27. The van der Waals surface area contributed by atoms with Crippen molar-refractivity contribution in [3.8, 4) is 0 Å². The average molecular weight is 387 g/mol. The van der Waals surface area contributed by atoms with Gasteiger partial charge in [0.2, 0.25) is 0 Å². The Hall–Kier alpha value is -1.83. The summed E-state index contributed by atoms with van der Waals surface area (Å²) in [5.74, 6) is 0.569. The molecular formula is C21H30BNO5. The highest BCUT2D eigenvalue weighted by atomic mass is 16.7. The van der Waals surface area contributed by atoms with E-state index in [1.807, 2.05) is 45.9 Å². The fraction of sp³-hybridized carbons (Fsp3) is 0.571. The molecule has 0 radical (unpaired) electrons. The van der Waals surface area contributed by atoms with Crippen molar-refractivity contribution in [2.24, 2.45) is 0 Å². The minimum Gasteiger partial charge on any atom is -0.434 e. The highest BCUT2D eigenvalue weighted by Gasteiger charge is 2.53. The molecule has 0 aliphatic carbocycles. The van der Waals surface area contributed by atoms with E-state index >= 15 is 0 Å². The van der Waals surface area contributed by atoms with Crippen molar-refractivity contribution in [3.63, 3.8) is 0 Å². The van der Waals surface area contributed by atoms with Gasteiger partial charge >= 0.3 is 13.3 Å². The molecule has 0 atom stereocenters. The van der Waals surface area contributed by atoms with Crippen LogP contribution in [0.15, 0.2) is 41.6 Å². The van der Waals surface area contributed by atoms with E-state index in [-0.39, 0.29) is 6.61 Å². The van der Waals surface area contributed by atoms with Gasteiger partial charge in [-0.25, -0.2) is 4.79 Å². The number of benzene rings is 1. The standard InChI is InChI=1S/C21H30BNO5/c1-6-25-19(24)26-18-15-23(14-16-10-8-7-9-11-16)13-12-17(18)22-27-20(2,3)21(4,5)28-22/h7-11H,6,12-15H2,1-5H3. The fourth-order valence-corrected chi connectivity index (χ4v) is 3.36. The maximum Gasteiger partial charge on any atom is 0.513 e. The second kappa shape index (κ2) is 8.27. The molecule has 2 aliphatic rings. The lowest BCUT2D eigenvalue weighted by atomic mass is 9.74. The normalized spacial score (nSPS) is 21.7. The lowest BCUT2D eigenvalue weighted by Gasteiger charge is -2.32. The molecule has 7 heteroatoms. The molecule has 0 spiro atoms. The largest absolute Gasteiger partial charge is 0.513 e. The van der Waals surface area contributed by atoms with Crippen LogP contribution in [0.2, 0.25) is 0 Å². The molecule has 0 saturated carbocycles. The van der Waals surface area contributed by atoms with E-state index in [0.29, 0.717) is 18.7 Å². The van der Waals surface area contributed by atoms with Crippen molar-refractivity contribution >= 4 is 13.3 Å². The van der Waals surface area contributed by atoms with Crippen LogP contribution in [-0.2, 0) is 25.3 Å². The van der Waals surface area contributed by atoms with Crippen molar-refractivity contribution in [2.75, 3.05) is 19.7 Å². The third-order valence-electron chi connectivity index (χ3n) is 5.68. The van der Waals surface area contributed by atoms with Crippen LogP contribution in [0.4, 0.5) is 4.79 Å². The zero-order valence-corrected chi connectivity index (χ0v) is 17.5. The number of rotatable bonds is 5. The summed E-state index contributed by atoms with van der Waals surface area (Å²) in [4.78, 5) is 14.3. The van der Waals surface area contributed by atoms with Gasteiger partial charge in [-0.15, -0.1) is 0 Å². The van der Waals surface area contributed by atoms with Gasteiger partial charge in [0.15, 0.2) is 0 Å². The summed E-state index contributed by atoms with van der Waals surface area (Å²) < 4.78 is 23.0. The Kier molecular flexibility index (Phi) is 6.17. The van der Waals surface area contributed by atoms with Crippen LogP contribution < -0.4 is 0 Å². The molecule has 1 aromatic rings. The molecule has 28 heavy (non-hydrogen) atoms. The third-order valence-corrected chi connectivity index (χ3v) is 5.68. The average Bonchev–Trinajstić information content (AvgIpc) is 2.83. The van der Waals surface area contributed by atoms with Crippen LogP contribution in [0.25, 0.3) is 0 Å². The van der Waals surface area contributed by atoms with Crippen LogP contribution in [0.1, 0.15) is 46.6 Å². The summed E-state index contributed by atoms with van der Waals surface area (Å²) in [6.45, 7) is 12.2. The Bertz CT molecular complexity index is 716. The van der Waals surface area contributed by atoms with Crippen molar-refractivity contribution in [1.82, 2.24) is 4.90 Å². The highest BCUT2D eigenvalue weighted by Crippen LogP contribution is 2.40. The van der Waals surface area contributed by atoms with Gasteiger partial charge in [0.05, 0.1) is 24.4 Å². The van der Waals surface area contributed by atoms with Crippen molar-refractivity contribution in [2.45, 2.75) is 58.8 Å². The summed E-state index contributed by atoms with van der Waals surface area (Å²) in [7, 11) is -0.520. The Labute approximate surface area is 167 Å². The number of carbonyl (C=O) groups excluding carboxylic acids is 1. The Morgan fingerprint density at radius 2 is 1.79 bits per heavy atom. The van der Waals surface area contributed by atoms with Crippen molar-refractivity contribution < 1.29 is 23.6 Å². The summed E-state index contributed by atoms with van der Waals surface area (Å²) in [6, 6.07) is 10.3. The smallest absolute Gasteiger partial charge is 0.434 e. The molecule has 152 valence electrons. The van der Waals surface area contributed by atoms with E-state index in [9.17, 15) is 4.79 Å². The molecule has 0 aromatic heterocycles. The first-order chi connectivity index (χ1) is 13.2. The zero-order chi connectivity index (χ0) is 20.4. The first-order valence-electron chi connectivity index (χ1n) is 9.90. The predicted molar refractivity (Wildman–Crippen MR) is 108 cm³/mol. The van der Waals surface area contributed by atoms with E-state index < -0.39 is 24.5 Å². The molecule has 1 fully saturated rings. The lowest BCUT2D eigenvalue weighted by molar-refractivity contribution is 0.00578. The number of hydrogen-bond acceptors (Lipinski definition) is 6. The Morgan fingerprint density at radius 1 is 1.14 bits per heavy atom. The minimum absolute atomic E-state index is 0.270. The maximum absolute atomic E-state index is 12.0. The first kappa shape index (κ1) is 20.9. The molecule has 2 aliphatic heterocycles. The SMILES string of the molecule is CCOC(=O)OC1=C(B2OC(C)(C)C(C)(C)O2)CCN(Cc2ccccc2)C1. The van der Waals surface area contributed by atoms with Gasteiger partial charge in [-0.05, 0) is 46.6 Å². The summed E-state index contributed by atoms with van der Waals surface area (Å²) in [5.41, 5.74) is 1.22. The van der Waals surface area contributed by atoms with Crippen molar-refractivity contribution in [3.05, 3.63) is 47.1 Å². The molecule has 3 rings (SSSR count). The summed E-state index contributed by atoms with van der Waals surface area (Å²) in [6.07, 6.45) is 0.0198. The van der Waals surface area contributed by atoms with Crippen molar-refractivity contribution in [1.29, 1.82) is 0 Å². The quantitative estimate of drug-likeness (QED) is 0.563. The summed E-state index contributed by atoms with van der Waals surface area (Å²) >= 11 is 0. The monoisotopic (exact) mass is 387 g/mol. The van der Waals surface area contributed by atoms with Crippen LogP contribution in [0, 0.1) is 0 Å². The van der Waals surface area contributed by atoms with Gasteiger partial charge in [0.25, 0.3) is 0 Å². The molecule has 0 unspecified atom stereocenters. The topological polar surface area (TPSA) is 57.2 Å². The van der Waals surface area contributed by atoms with E-state index in [1.165, 1.54) is 5.56 Å². The number of hydrogen-bond donors (Lipinski definition) is 0. The first-order valence-corrected chi connectivity index (χ1v) is 9.90. The number of ether oxygens (including phenoxy) is 2. The maximum atomic E-state index is 12.0. The molecule has 0 amide bonds. The lowest BCUT2D eigenvalue weighted by Crippen LogP contribution is -2.41. The zero-order valence-electron chi connectivity index (χ0n) is 17.5. The predicted octanol–water partition coefficient (Wildman–Crippen LogP) is 3.95.